The van der Waals surface area contributed by atoms with Gasteiger partial charge < -0.3 is 5.32 Å². The summed E-state index contributed by atoms with van der Waals surface area (Å²) in [5.41, 5.74) is 0.948. The molecule has 1 aromatic rings. The molecule has 1 aromatic heterocycles. The number of aromatic nitrogens is 2. The van der Waals surface area contributed by atoms with E-state index in [1.165, 1.54) is 11.6 Å². The van der Waals surface area contributed by atoms with Gasteiger partial charge in [0.05, 0.1) is 0 Å². The van der Waals surface area contributed by atoms with E-state index in [9.17, 15) is 4.79 Å². The molecule has 5 heteroatoms. The fourth-order valence-corrected chi connectivity index (χ4v) is 1.21. The van der Waals surface area contributed by atoms with Crippen LogP contribution in [0.1, 0.15) is 13.8 Å². The van der Waals surface area contributed by atoms with Crippen LogP contribution in [0.4, 0.5) is 5.82 Å². The van der Waals surface area contributed by atoms with Crippen molar-refractivity contribution in [2.75, 3.05) is 11.9 Å². The van der Waals surface area contributed by atoms with Gasteiger partial charge in [-0.2, -0.15) is 5.10 Å². The van der Waals surface area contributed by atoms with Gasteiger partial charge in [0.2, 0.25) is 5.43 Å². The zero-order valence-corrected chi connectivity index (χ0v) is 9.80. The Morgan fingerprint density at radius 1 is 1.67 bits per heavy atom. The minimum Gasteiger partial charge on any atom is -0.367 e. The summed E-state index contributed by atoms with van der Waals surface area (Å²) < 4.78 is 1.54. The zero-order valence-electron chi connectivity index (χ0n) is 9.04. The highest BCUT2D eigenvalue weighted by Gasteiger charge is 2.02. The number of hydrogen-bond acceptors (Lipinski definition) is 3. The Labute approximate surface area is 93.6 Å². The van der Waals surface area contributed by atoms with Crippen LogP contribution in [0.15, 0.2) is 22.5 Å². The fraction of sp³-hybridized carbons (Fsp3) is 0.400. The van der Waals surface area contributed by atoms with E-state index in [1.807, 2.05) is 19.9 Å². The van der Waals surface area contributed by atoms with Gasteiger partial charge in [-0.1, -0.05) is 23.3 Å². The van der Waals surface area contributed by atoms with Crippen LogP contribution in [0.3, 0.4) is 0 Å². The molecule has 0 aromatic carbocycles. The van der Waals surface area contributed by atoms with Crippen LogP contribution in [0, 0.1) is 0 Å². The molecule has 0 saturated carbocycles. The van der Waals surface area contributed by atoms with Crippen molar-refractivity contribution in [2.45, 2.75) is 13.8 Å². The lowest BCUT2D eigenvalue weighted by atomic mass is 10.3. The van der Waals surface area contributed by atoms with Crippen molar-refractivity contribution < 1.29 is 0 Å². The first-order valence-corrected chi connectivity index (χ1v) is 4.99. The molecule has 0 aliphatic heterocycles. The Morgan fingerprint density at radius 3 is 2.93 bits per heavy atom. The molecule has 0 atom stereocenters. The van der Waals surface area contributed by atoms with E-state index in [-0.39, 0.29) is 10.6 Å². The summed E-state index contributed by atoms with van der Waals surface area (Å²) in [4.78, 5) is 11.2. The molecule has 1 heterocycles. The molecule has 1 N–H and O–H groups in total. The van der Waals surface area contributed by atoms with Gasteiger partial charge in [-0.05, 0) is 13.8 Å². The molecule has 0 amide bonds. The Morgan fingerprint density at radius 2 is 2.33 bits per heavy atom. The summed E-state index contributed by atoms with van der Waals surface area (Å²) in [7, 11) is 1.73. The number of aryl methyl sites for hydroxylation is 1. The van der Waals surface area contributed by atoms with Crippen LogP contribution >= 0.6 is 11.6 Å². The van der Waals surface area contributed by atoms with Gasteiger partial charge in [0, 0.05) is 19.7 Å². The van der Waals surface area contributed by atoms with Gasteiger partial charge in [-0.25, -0.2) is 0 Å². The number of hydrogen-bond donors (Lipinski definition) is 1. The van der Waals surface area contributed by atoms with E-state index < -0.39 is 0 Å². The summed E-state index contributed by atoms with van der Waals surface area (Å²) in [5.74, 6) is 0.655. The number of halogens is 1. The molecule has 1 rings (SSSR count). The quantitative estimate of drug-likeness (QED) is 0.802. The van der Waals surface area contributed by atoms with Gasteiger partial charge in [0.15, 0.2) is 5.15 Å². The molecule has 0 bridgehead atoms. The predicted molar refractivity (Wildman–Crippen MR) is 62.4 cm³/mol. The maximum absolute atomic E-state index is 11.2. The van der Waals surface area contributed by atoms with Crippen LogP contribution in [0.25, 0.3) is 0 Å². The maximum Gasteiger partial charge on any atom is 0.221 e. The third kappa shape index (κ3) is 3.40. The molecule has 0 fully saturated rings. The molecule has 0 radical (unpaired) electrons. The third-order valence-electron chi connectivity index (χ3n) is 1.85. The summed E-state index contributed by atoms with van der Waals surface area (Å²) >= 11 is 5.59. The average molecular weight is 228 g/mol. The van der Waals surface area contributed by atoms with E-state index in [4.69, 9.17) is 11.6 Å². The number of nitrogens with zero attached hydrogens (tertiary/aromatic N) is 2. The Balaban J connectivity index is 2.82. The highest BCUT2D eigenvalue weighted by molar-refractivity contribution is 6.29. The number of nitrogens with one attached hydrogen (secondary N) is 1. The molecule has 0 unspecified atom stereocenters. The van der Waals surface area contributed by atoms with Crippen LogP contribution in [0.5, 0.6) is 0 Å². The molecular weight excluding hydrogens is 214 g/mol. The lowest BCUT2D eigenvalue weighted by Gasteiger charge is -2.08. The first kappa shape index (κ1) is 11.8. The molecule has 4 nitrogen and oxygen atoms in total. The van der Waals surface area contributed by atoms with E-state index in [0.717, 1.165) is 0 Å². The average Bonchev–Trinajstić information content (AvgIpc) is 2.13. The standard InChI is InChI=1S/C10H14ClN3O/c1-7(2)4-5-12-9-6-8(15)10(11)13-14(9)3/h4,6,12H,5H2,1-3H3. The molecule has 15 heavy (non-hydrogen) atoms. The second kappa shape index (κ2) is 4.98. The van der Waals surface area contributed by atoms with E-state index in [1.54, 1.807) is 11.7 Å². The molecule has 82 valence electrons. The molecular formula is C10H14ClN3O. The monoisotopic (exact) mass is 227 g/mol. The summed E-state index contributed by atoms with van der Waals surface area (Å²) in [6.45, 7) is 4.70. The molecule has 0 spiro atoms. The normalized spacial score (nSPS) is 9.87. The van der Waals surface area contributed by atoms with Crippen molar-refractivity contribution >= 4 is 17.4 Å². The summed E-state index contributed by atoms with van der Waals surface area (Å²) in [6.07, 6.45) is 2.03. The minimum absolute atomic E-state index is 0.00901. The van der Waals surface area contributed by atoms with Gasteiger partial charge in [-0.15, -0.1) is 0 Å². The van der Waals surface area contributed by atoms with Gasteiger partial charge in [-0.3, -0.25) is 9.48 Å². The lowest BCUT2D eigenvalue weighted by Crippen LogP contribution is -2.15. The van der Waals surface area contributed by atoms with Gasteiger partial charge in [0.1, 0.15) is 5.82 Å². The van der Waals surface area contributed by atoms with Crippen molar-refractivity contribution in [3.05, 3.63) is 33.1 Å². The van der Waals surface area contributed by atoms with E-state index in [0.29, 0.717) is 12.4 Å². The summed E-state index contributed by atoms with van der Waals surface area (Å²) in [5, 5.41) is 6.93. The number of allylic oxidation sites excluding steroid dienone is 1. The SMILES string of the molecule is CC(C)=CCNc1cc(=O)c(Cl)nn1C. The minimum atomic E-state index is -0.269. The third-order valence-corrected chi connectivity index (χ3v) is 2.11. The first-order valence-electron chi connectivity index (χ1n) is 4.62. The number of anilines is 1. The van der Waals surface area contributed by atoms with Gasteiger partial charge >= 0.3 is 0 Å². The topological polar surface area (TPSA) is 46.9 Å². The first-order chi connectivity index (χ1) is 7.00. The molecule has 0 aliphatic carbocycles. The zero-order chi connectivity index (χ0) is 11.4. The Hall–Kier alpha value is -1.29. The van der Waals surface area contributed by atoms with Gasteiger partial charge in [0.25, 0.3) is 0 Å². The van der Waals surface area contributed by atoms with Crippen LogP contribution in [-0.2, 0) is 7.05 Å². The second-order valence-electron chi connectivity index (χ2n) is 3.47. The largest absolute Gasteiger partial charge is 0.367 e. The van der Waals surface area contributed by atoms with Crippen molar-refractivity contribution in [1.82, 2.24) is 9.78 Å². The second-order valence-corrected chi connectivity index (χ2v) is 3.83. The highest BCUT2D eigenvalue weighted by atomic mass is 35.5. The Kier molecular flexibility index (Phi) is 3.91. The van der Waals surface area contributed by atoms with E-state index in [2.05, 4.69) is 10.4 Å². The van der Waals surface area contributed by atoms with Crippen molar-refractivity contribution in [2.24, 2.45) is 7.05 Å². The summed E-state index contributed by atoms with van der Waals surface area (Å²) in [6, 6.07) is 1.44. The molecule has 0 saturated heterocycles. The highest BCUT2D eigenvalue weighted by Crippen LogP contribution is 2.03. The van der Waals surface area contributed by atoms with Crippen LogP contribution in [0.2, 0.25) is 5.15 Å². The maximum atomic E-state index is 11.2. The predicted octanol–water partition coefficient (Wildman–Crippen LogP) is 1.81. The Bertz CT molecular complexity index is 433. The van der Waals surface area contributed by atoms with Crippen molar-refractivity contribution in [1.29, 1.82) is 0 Å². The number of rotatable bonds is 3. The van der Waals surface area contributed by atoms with Crippen LogP contribution < -0.4 is 10.7 Å². The lowest BCUT2D eigenvalue weighted by molar-refractivity contribution is 0.741. The van der Waals surface area contributed by atoms with Crippen LogP contribution in [-0.4, -0.2) is 16.3 Å². The molecule has 0 aliphatic rings. The smallest absolute Gasteiger partial charge is 0.221 e. The van der Waals surface area contributed by atoms with E-state index >= 15 is 0 Å². The fourth-order valence-electron chi connectivity index (χ4n) is 1.04. The van der Waals surface area contributed by atoms with Crippen molar-refractivity contribution in [3.63, 3.8) is 0 Å². The van der Waals surface area contributed by atoms with Crippen molar-refractivity contribution in [3.8, 4) is 0 Å².